The van der Waals surface area contributed by atoms with E-state index >= 15 is 0 Å². The van der Waals surface area contributed by atoms with Gasteiger partial charge in [-0.2, -0.15) is 0 Å². The number of benzene rings is 1. The van der Waals surface area contributed by atoms with Crippen LogP contribution in [0.4, 0.5) is 0 Å². The molecule has 0 unspecified atom stereocenters. The summed E-state index contributed by atoms with van der Waals surface area (Å²) in [7, 11) is 0. The van der Waals surface area contributed by atoms with Gasteiger partial charge in [-0.05, 0) is 29.7 Å². The van der Waals surface area contributed by atoms with Crippen LogP contribution >= 0.6 is 0 Å². The molecule has 0 saturated carbocycles. The molecule has 0 fully saturated rings. The maximum absolute atomic E-state index is 12.2. The molecule has 3 rings (SSSR count). The highest BCUT2D eigenvalue weighted by Crippen LogP contribution is 2.33. The number of Topliss-reactive ketones (excluding diaryl/α,β-unsaturated/α-hetero) is 1. The largest absolute Gasteiger partial charge is 0.475 e. The summed E-state index contributed by atoms with van der Waals surface area (Å²) in [5, 5.41) is 11.5. The molecular formula is C19H17NO5. The summed E-state index contributed by atoms with van der Waals surface area (Å²) in [6.45, 7) is 0.0776. The number of ketones is 1. The first-order valence-corrected chi connectivity index (χ1v) is 7.94. The Kier molecular flexibility index (Phi) is 4.79. The molecule has 2 aromatic rings. The van der Waals surface area contributed by atoms with E-state index in [1.54, 1.807) is 0 Å². The minimum Gasteiger partial charge on any atom is -0.475 e. The van der Waals surface area contributed by atoms with Gasteiger partial charge in [-0.3, -0.25) is 9.59 Å². The number of amides is 1. The van der Waals surface area contributed by atoms with Gasteiger partial charge in [-0.25, -0.2) is 4.79 Å². The average Bonchev–Trinajstić information content (AvgIpc) is 3.22. The molecule has 1 amide bonds. The lowest BCUT2D eigenvalue weighted by Gasteiger charge is -2.07. The number of carboxylic acid groups (broad SMARTS) is 1. The molecule has 0 spiro atoms. The fraction of sp³-hybridized carbons (Fsp3) is 0.211. The van der Waals surface area contributed by atoms with Crippen molar-refractivity contribution in [2.24, 2.45) is 0 Å². The number of allylic oxidation sites excluding steroid dienone is 1. The Morgan fingerprint density at radius 1 is 1.08 bits per heavy atom. The van der Waals surface area contributed by atoms with Crippen LogP contribution in [-0.4, -0.2) is 22.8 Å². The third-order valence-corrected chi connectivity index (χ3v) is 4.09. The molecule has 2 N–H and O–H groups in total. The van der Waals surface area contributed by atoms with Gasteiger partial charge in [0.2, 0.25) is 11.7 Å². The van der Waals surface area contributed by atoms with Gasteiger partial charge in [0, 0.05) is 12.0 Å². The molecule has 1 aromatic heterocycles. The highest BCUT2D eigenvalue weighted by molar-refractivity contribution is 6.10. The smallest absolute Gasteiger partial charge is 0.371 e. The predicted octanol–water partition coefficient (Wildman–Crippen LogP) is 2.80. The molecule has 6 heteroatoms. The molecule has 6 nitrogen and oxygen atoms in total. The second-order valence-electron chi connectivity index (χ2n) is 5.77. The molecule has 128 valence electrons. The standard InChI is InChI=1S/C19H17NO5/c21-16-8-7-14(12-4-2-1-3-5-12)15(16)10-18(22)20-11-13-6-9-17(25-13)19(23)24/h1-6,9H,7-8,10-11H2,(H,20,22)(H,23,24). The van der Waals surface area contributed by atoms with E-state index in [0.29, 0.717) is 24.2 Å². The second kappa shape index (κ2) is 7.17. The number of hydrogen-bond acceptors (Lipinski definition) is 4. The van der Waals surface area contributed by atoms with Gasteiger partial charge >= 0.3 is 5.97 Å². The second-order valence-corrected chi connectivity index (χ2v) is 5.77. The van der Waals surface area contributed by atoms with Crippen molar-refractivity contribution in [2.75, 3.05) is 0 Å². The van der Waals surface area contributed by atoms with E-state index in [2.05, 4.69) is 5.32 Å². The van der Waals surface area contributed by atoms with Gasteiger partial charge in [-0.15, -0.1) is 0 Å². The van der Waals surface area contributed by atoms with Gasteiger partial charge < -0.3 is 14.8 Å². The summed E-state index contributed by atoms with van der Waals surface area (Å²) in [6.07, 6.45) is 1.08. The van der Waals surface area contributed by atoms with E-state index in [-0.39, 0.29) is 30.4 Å². The summed E-state index contributed by atoms with van der Waals surface area (Å²) in [5.41, 5.74) is 2.44. The zero-order valence-corrected chi connectivity index (χ0v) is 13.5. The Morgan fingerprint density at radius 2 is 1.84 bits per heavy atom. The minimum absolute atomic E-state index is 0.000153. The molecule has 1 aliphatic rings. The lowest BCUT2D eigenvalue weighted by molar-refractivity contribution is -0.122. The first-order chi connectivity index (χ1) is 12.0. The molecule has 25 heavy (non-hydrogen) atoms. The Morgan fingerprint density at radius 3 is 2.52 bits per heavy atom. The Bertz CT molecular complexity index is 848. The molecule has 0 saturated heterocycles. The molecule has 1 heterocycles. The number of rotatable bonds is 6. The van der Waals surface area contributed by atoms with Gasteiger partial charge in [0.15, 0.2) is 5.78 Å². The third kappa shape index (κ3) is 3.85. The lowest BCUT2D eigenvalue weighted by atomic mass is 10.00. The Hall–Kier alpha value is -3.15. The zero-order chi connectivity index (χ0) is 17.8. The quantitative estimate of drug-likeness (QED) is 0.843. The fourth-order valence-corrected chi connectivity index (χ4v) is 2.87. The molecule has 0 radical (unpaired) electrons. The molecule has 1 aromatic carbocycles. The van der Waals surface area contributed by atoms with Crippen LogP contribution in [0, 0.1) is 0 Å². The maximum Gasteiger partial charge on any atom is 0.371 e. The van der Waals surface area contributed by atoms with Crippen LogP contribution in [0.2, 0.25) is 0 Å². The highest BCUT2D eigenvalue weighted by Gasteiger charge is 2.25. The van der Waals surface area contributed by atoms with Crippen molar-refractivity contribution in [3.05, 3.63) is 65.1 Å². The monoisotopic (exact) mass is 339 g/mol. The van der Waals surface area contributed by atoms with Crippen LogP contribution in [0.1, 0.15) is 41.1 Å². The van der Waals surface area contributed by atoms with Crippen molar-refractivity contribution >= 4 is 23.2 Å². The SMILES string of the molecule is O=C(CC1=C(c2ccccc2)CCC1=O)NCc1ccc(C(=O)O)o1. The number of nitrogens with one attached hydrogen (secondary N) is 1. The Labute approximate surface area is 144 Å². The highest BCUT2D eigenvalue weighted by atomic mass is 16.4. The fourth-order valence-electron chi connectivity index (χ4n) is 2.87. The number of carboxylic acids is 1. The summed E-state index contributed by atoms with van der Waals surface area (Å²) in [4.78, 5) is 35.1. The number of aromatic carboxylic acids is 1. The number of hydrogen-bond donors (Lipinski definition) is 2. The zero-order valence-electron chi connectivity index (χ0n) is 13.5. The van der Waals surface area contributed by atoms with Crippen molar-refractivity contribution < 1.29 is 23.9 Å². The minimum atomic E-state index is -1.16. The lowest BCUT2D eigenvalue weighted by Crippen LogP contribution is -2.23. The van der Waals surface area contributed by atoms with Crippen LogP contribution in [0.5, 0.6) is 0 Å². The summed E-state index contributed by atoms with van der Waals surface area (Å²) in [6, 6.07) is 12.4. The van der Waals surface area contributed by atoms with Crippen LogP contribution in [0.15, 0.2) is 52.5 Å². The Balaban J connectivity index is 1.66. The van der Waals surface area contributed by atoms with E-state index in [0.717, 1.165) is 11.1 Å². The van der Waals surface area contributed by atoms with Gasteiger partial charge in [0.1, 0.15) is 5.76 Å². The van der Waals surface area contributed by atoms with Crippen molar-refractivity contribution in [3.63, 3.8) is 0 Å². The van der Waals surface area contributed by atoms with Gasteiger partial charge in [-0.1, -0.05) is 30.3 Å². The summed E-state index contributed by atoms with van der Waals surface area (Å²) < 4.78 is 5.08. The summed E-state index contributed by atoms with van der Waals surface area (Å²) >= 11 is 0. The van der Waals surface area contributed by atoms with Crippen molar-refractivity contribution in [1.82, 2.24) is 5.32 Å². The van der Waals surface area contributed by atoms with Crippen molar-refractivity contribution in [1.29, 1.82) is 0 Å². The topological polar surface area (TPSA) is 96.6 Å². The number of carbonyl (C=O) groups is 3. The van der Waals surface area contributed by atoms with E-state index in [1.165, 1.54) is 12.1 Å². The van der Waals surface area contributed by atoms with Crippen LogP contribution in [-0.2, 0) is 16.1 Å². The van der Waals surface area contributed by atoms with Crippen LogP contribution in [0.25, 0.3) is 5.57 Å². The van der Waals surface area contributed by atoms with Crippen LogP contribution in [0.3, 0.4) is 0 Å². The van der Waals surface area contributed by atoms with Crippen LogP contribution < -0.4 is 5.32 Å². The van der Waals surface area contributed by atoms with Crippen molar-refractivity contribution in [3.8, 4) is 0 Å². The van der Waals surface area contributed by atoms with E-state index < -0.39 is 5.97 Å². The van der Waals surface area contributed by atoms with Gasteiger partial charge in [0.25, 0.3) is 0 Å². The first-order valence-electron chi connectivity index (χ1n) is 7.94. The average molecular weight is 339 g/mol. The summed E-state index contributed by atoms with van der Waals surface area (Å²) in [5.74, 6) is -1.29. The number of carbonyl (C=O) groups excluding carboxylic acids is 2. The molecule has 1 aliphatic carbocycles. The number of furan rings is 1. The maximum atomic E-state index is 12.2. The van der Waals surface area contributed by atoms with Gasteiger partial charge in [0.05, 0.1) is 13.0 Å². The molecule has 0 bridgehead atoms. The normalized spacial score (nSPS) is 14.0. The van der Waals surface area contributed by atoms with E-state index in [1.807, 2.05) is 30.3 Å². The molecule has 0 atom stereocenters. The third-order valence-electron chi connectivity index (χ3n) is 4.09. The molecular weight excluding hydrogens is 322 g/mol. The molecule has 0 aliphatic heterocycles. The first kappa shape index (κ1) is 16.7. The van der Waals surface area contributed by atoms with E-state index in [9.17, 15) is 14.4 Å². The van der Waals surface area contributed by atoms with E-state index in [4.69, 9.17) is 9.52 Å². The van der Waals surface area contributed by atoms with Crippen molar-refractivity contribution in [2.45, 2.75) is 25.8 Å². The predicted molar refractivity (Wildman–Crippen MR) is 89.7 cm³/mol.